The summed E-state index contributed by atoms with van der Waals surface area (Å²) in [6, 6.07) is 6.18. The third-order valence-electron chi connectivity index (χ3n) is 2.21. The molecule has 17 heavy (non-hydrogen) atoms. The quantitative estimate of drug-likeness (QED) is 0.579. The van der Waals surface area contributed by atoms with Gasteiger partial charge in [-0.15, -0.1) is 0 Å². The molecule has 0 aromatic heterocycles. The highest BCUT2D eigenvalue weighted by Crippen LogP contribution is 2.16. The van der Waals surface area contributed by atoms with Crippen LogP contribution in [0.5, 0.6) is 5.75 Å². The first-order chi connectivity index (χ1) is 7.94. The Labute approximate surface area is 102 Å². The molecule has 1 aromatic rings. The number of Topliss-reactive ketones (excluding diaryl/α,β-unsaturated/α-hetero) is 1. The monoisotopic (exact) mass is 256 g/mol. The number of ketones is 1. The van der Waals surface area contributed by atoms with Gasteiger partial charge in [0.1, 0.15) is 5.75 Å². The van der Waals surface area contributed by atoms with E-state index in [0.717, 1.165) is 6.42 Å². The molecule has 0 bridgehead atoms. The normalized spacial score (nSPS) is 11.2. The first-order valence-electron chi connectivity index (χ1n) is 5.48. The molecule has 4 nitrogen and oxygen atoms in total. The number of rotatable bonds is 6. The summed E-state index contributed by atoms with van der Waals surface area (Å²) in [5.41, 5.74) is 0.438. The van der Waals surface area contributed by atoms with Gasteiger partial charge in [0.2, 0.25) is 0 Å². The van der Waals surface area contributed by atoms with E-state index in [1.807, 2.05) is 6.92 Å². The standard InChI is InChI=1S/C12H16O4S/c1-3-4-8-17(14,15)16-12-7-5-6-11(9-12)10(2)13/h5-7,9H,3-4,8H2,1-2H3. The summed E-state index contributed by atoms with van der Waals surface area (Å²) in [4.78, 5) is 11.1. The van der Waals surface area contributed by atoms with E-state index in [4.69, 9.17) is 4.18 Å². The number of benzene rings is 1. The van der Waals surface area contributed by atoms with E-state index < -0.39 is 10.1 Å². The predicted octanol–water partition coefficient (Wildman–Crippen LogP) is 2.40. The fraction of sp³-hybridized carbons (Fsp3) is 0.417. The second-order valence-corrected chi connectivity index (χ2v) is 5.47. The van der Waals surface area contributed by atoms with Crippen molar-refractivity contribution >= 4 is 15.9 Å². The summed E-state index contributed by atoms with van der Waals surface area (Å²) in [6.45, 7) is 3.33. The van der Waals surface area contributed by atoms with Gasteiger partial charge < -0.3 is 4.18 Å². The zero-order valence-electron chi connectivity index (χ0n) is 9.97. The van der Waals surface area contributed by atoms with Gasteiger partial charge in [0.25, 0.3) is 0 Å². The highest BCUT2D eigenvalue weighted by atomic mass is 32.2. The second-order valence-electron chi connectivity index (χ2n) is 3.78. The molecule has 1 aromatic carbocycles. The molecule has 0 unspecified atom stereocenters. The van der Waals surface area contributed by atoms with Crippen LogP contribution >= 0.6 is 0 Å². The zero-order chi connectivity index (χ0) is 12.9. The predicted molar refractivity (Wildman–Crippen MR) is 65.8 cm³/mol. The Morgan fingerprint density at radius 2 is 2.06 bits per heavy atom. The van der Waals surface area contributed by atoms with Gasteiger partial charge in [-0.3, -0.25) is 4.79 Å². The van der Waals surface area contributed by atoms with E-state index >= 15 is 0 Å². The molecule has 0 saturated heterocycles. The largest absolute Gasteiger partial charge is 0.382 e. The summed E-state index contributed by atoms with van der Waals surface area (Å²) >= 11 is 0. The summed E-state index contributed by atoms with van der Waals surface area (Å²) in [5, 5.41) is 0. The van der Waals surface area contributed by atoms with Crippen molar-refractivity contribution in [1.29, 1.82) is 0 Å². The maximum atomic E-state index is 11.5. The summed E-state index contributed by atoms with van der Waals surface area (Å²) in [5.74, 6) is 0.0589. The molecule has 0 fully saturated rings. The molecule has 0 saturated carbocycles. The van der Waals surface area contributed by atoms with Crippen LogP contribution in [0, 0.1) is 0 Å². The molecular weight excluding hydrogens is 240 g/mol. The SMILES string of the molecule is CCCCS(=O)(=O)Oc1cccc(C(C)=O)c1. The van der Waals surface area contributed by atoms with Crippen LogP contribution in [0.25, 0.3) is 0 Å². The fourth-order valence-electron chi connectivity index (χ4n) is 1.28. The Morgan fingerprint density at radius 3 is 2.65 bits per heavy atom. The average molecular weight is 256 g/mol. The minimum atomic E-state index is -3.55. The van der Waals surface area contributed by atoms with Crippen LogP contribution in [0.4, 0.5) is 0 Å². The Bertz CT molecular complexity index is 491. The molecule has 0 N–H and O–H groups in total. The van der Waals surface area contributed by atoms with Crippen molar-refractivity contribution in [3.05, 3.63) is 29.8 Å². The van der Waals surface area contributed by atoms with Crippen LogP contribution in [-0.2, 0) is 10.1 Å². The van der Waals surface area contributed by atoms with Crippen LogP contribution in [0.2, 0.25) is 0 Å². The molecule has 94 valence electrons. The highest BCUT2D eigenvalue weighted by molar-refractivity contribution is 7.87. The van der Waals surface area contributed by atoms with Crippen LogP contribution in [0.15, 0.2) is 24.3 Å². The molecule has 1 rings (SSSR count). The molecular formula is C12H16O4S. The van der Waals surface area contributed by atoms with Gasteiger partial charge in [0.05, 0.1) is 5.75 Å². The van der Waals surface area contributed by atoms with E-state index in [0.29, 0.717) is 12.0 Å². The molecule has 0 aliphatic heterocycles. The second kappa shape index (κ2) is 5.82. The molecule has 0 amide bonds. The van der Waals surface area contributed by atoms with Gasteiger partial charge in [-0.05, 0) is 25.5 Å². The van der Waals surface area contributed by atoms with Crippen LogP contribution < -0.4 is 4.18 Å². The number of hydrogen-bond acceptors (Lipinski definition) is 4. The lowest BCUT2D eigenvalue weighted by molar-refractivity contribution is 0.101. The molecule has 0 radical (unpaired) electrons. The van der Waals surface area contributed by atoms with Crippen molar-refractivity contribution in [1.82, 2.24) is 0 Å². The van der Waals surface area contributed by atoms with E-state index in [9.17, 15) is 13.2 Å². The average Bonchev–Trinajstić information content (AvgIpc) is 2.26. The minimum absolute atomic E-state index is 0.00615. The van der Waals surface area contributed by atoms with Crippen molar-refractivity contribution in [3.63, 3.8) is 0 Å². The van der Waals surface area contributed by atoms with Crippen molar-refractivity contribution in [2.45, 2.75) is 26.7 Å². The molecule has 0 atom stereocenters. The van der Waals surface area contributed by atoms with Gasteiger partial charge in [-0.2, -0.15) is 8.42 Å². The van der Waals surface area contributed by atoms with E-state index in [1.165, 1.54) is 19.1 Å². The lowest BCUT2D eigenvalue weighted by Gasteiger charge is -2.07. The first kappa shape index (κ1) is 13.7. The van der Waals surface area contributed by atoms with Gasteiger partial charge >= 0.3 is 10.1 Å². The fourth-order valence-corrected chi connectivity index (χ4v) is 2.40. The highest BCUT2D eigenvalue weighted by Gasteiger charge is 2.12. The summed E-state index contributed by atoms with van der Waals surface area (Å²) in [7, 11) is -3.55. The van der Waals surface area contributed by atoms with Gasteiger partial charge in [-0.25, -0.2) is 0 Å². The zero-order valence-corrected chi connectivity index (χ0v) is 10.8. The Hall–Kier alpha value is -1.36. The van der Waals surface area contributed by atoms with E-state index in [1.54, 1.807) is 12.1 Å². The number of hydrogen-bond donors (Lipinski definition) is 0. The van der Waals surface area contributed by atoms with Crippen molar-refractivity contribution in [2.24, 2.45) is 0 Å². The van der Waals surface area contributed by atoms with Gasteiger partial charge in [0.15, 0.2) is 5.78 Å². The lowest BCUT2D eigenvalue weighted by atomic mass is 10.1. The maximum Gasteiger partial charge on any atom is 0.309 e. The van der Waals surface area contributed by atoms with Crippen molar-refractivity contribution < 1.29 is 17.4 Å². The smallest absolute Gasteiger partial charge is 0.309 e. The van der Waals surface area contributed by atoms with Crippen LogP contribution in [-0.4, -0.2) is 20.0 Å². The third kappa shape index (κ3) is 4.56. The van der Waals surface area contributed by atoms with Gasteiger partial charge in [0, 0.05) is 5.56 Å². The van der Waals surface area contributed by atoms with E-state index in [2.05, 4.69) is 0 Å². The van der Waals surface area contributed by atoms with Crippen molar-refractivity contribution in [3.8, 4) is 5.75 Å². The first-order valence-corrected chi connectivity index (χ1v) is 7.05. The Balaban J connectivity index is 2.81. The maximum absolute atomic E-state index is 11.5. The van der Waals surface area contributed by atoms with Crippen molar-refractivity contribution in [2.75, 3.05) is 5.75 Å². The minimum Gasteiger partial charge on any atom is -0.382 e. The third-order valence-corrected chi connectivity index (χ3v) is 3.45. The topological polar surface area (TPSA) is 60.4 Å². The number of carbonyl (C=O) groups excluding carboxylic acids is 1. The lowest BCUT2D eigenvalue weighted by Crippen LogP contribution is -2.13. The molecule has 0 aliphatic carbocycles. The molecule has 0 aliphatic rings. The summed E-state index contributed by atoms with van der Waals surface area (Å²) < 4.78 is 28.0. The molecule has 0 heterocycles. The summed E-state index contributed by atoms with van der Waals surface area (Å²) in [6.07, 6.45) is 1.35. The molecule has 5 heteroatoms. The number of carbonyl (C=O) groups is 1. The van der Waals surface area contributed by atoms with Crippen LogP contribution in [0.1, 0.15) is 37.0 Å². The van der Waals surface area contributed by atoms with E-state index in [-0.39, 0.29) is 17.3 Å². The number of unbranched alkanes of at least 4 members (excludes halogenated alkanes) is 1. The van der Waals surface area contributed by atoms with Crippen LogP contribution in [0.3, 0.4) is 0 Å². The van der Waals surface area contributed by atoms with Gasteiger partial charge in [-0.1, -0.05) is 25.5 Å². The Morgan fingerprint density at radius 1 is 1.35 bits per heavy atom. The molecule has 0 spiro atoms. The Kier molecular flexibility index (Phi) is 4.69.